The first kappa shape index (κ1) is 16.7. The Labute approximate surface area is 114 Å². The summed E-state index contributed by atoms with van der Waals surface area (Å²) in [6.07, 6.45) is -2.99. The van der Waals surface area contributed by atoms with Gasteiger partial charge in [-0.25, -0.2) is 0 Å². The fraction of sp³-hybridized carbons (Fsp3) is 1.00. The average molecular weight is 281 g/mol. The molecule has 6 heteroatoms. The van der Waals surface area contributed by atoms with Gasteiger partial charge >= 0.3 is 6.18 Å². The highest BCUT2D eigenvalue weighted by molar-refractivity contribution is 4.79. The topological polar surface area (TPSA) is 18.5 Å². The van der Waals surface area contributed by atoms with Gasteiger partial charge in [-0.3, -0.25) is 9.80 Å². The number of piperazine rings is 1. The van der Waals surface area contributed by atoms with Crippen LogP contribution in [0, 0.1) is 0 Å². The summed E-state index contributed by atoms with van der Waals surface area (Å²) in [6.45, 7) is 8.99. The van der Waals surface area contributed by atoms with Crippen LogP contribution >= 0.6 is 0 Å². The molecule has 0 aromatic heterocycles. The van der Waals surface area contributed by atoms with Gasteiger partial charge in [0.15, 0.2) is 0 Å². The highest BCUT2D eigenvalue weighted by Crippen LogP contribution is 2.17. The molecule has 0 aromatic rings. The molecule has 0 spiro atoms. The van der Waals surface area contributed by atoms with Gasteiger partial charge in [0.1, 0.15) is 0 Å². The maximum absolute atomic E-state index is 12.3. The molecule has 1 fully saturated rings. The van der Waals surface area contributed by atoms with Crippen molar-refractivity contribution in [2.75, 3.05) is 39.3 Å². The lowest BCUT2D eigenvalue weighted by Crippen LogP contribution is -2.53. The zero-order valence-corrected chi connectivity index (χ0v) is 12.1. The molecule has 114 valence electrons. The van der Waals surface area contributed by atoms with E-state index in [1.54, 1.807) is 0 Å². The fourth-order valence-corrected chi connectivity index (χ4v) is 2.26. The largest absolute Gasteiger partial charge is 0.401 e. The monoisotopic (exact) mass is 281 g/mol. The summed E-state index contributed by atoms with van der Waals surface area (Å²) in [4.78, 5) is 3.76. The van der Waals surface area contributed by atoms with Crippen LogP contribution in [0.4, 0.5) is 13.2 Å². The first-order chi connectivity index (χ1) is 8.81. The van der Waals surface area contributed by atoms with Crippen LogP contribution < -0.4 is 5.32 Å². The van der Waals surface area contributed by atoms with Gasteiger partial charge in [0.25, 0.3) is 0 Å². The van der Waals surface area contributed by atoms with E-state index >= 15 is 0 Å². The second-order valence-electron chi connectivity index (χ2n) is 5.49. The Morgan fingerprint density at radius 1 is 1.11 bits per heavy atom. The molecule has 1 aliphatic rings. The molecule has 2 unspecified atom stereocenters. The summed E-state index contributed by atoms with van der Waals surface area (Å²) in [5.74, 6) is 0. The summed E-state index contributed by atoms with van der Waals surface area (Å²) in [5, 5.41) is 3.44. The minimum absolute atomic E-state index is 0.377. The van der Waals surface area contributed by atoms with Gasteiger partial charge in [-0.1, -0.05) is 6.92 Å². The number of nitrogens with one attached hydrogen (secondary N) is 1. The van der Waals surface area contributed by atoms with Crippen molar-refractivity contribution in [3.05, 3.63) is 0 Å². The molecule has 2 atom stereocenters. The Balaban J connectivity index is 2.25. The number of rotatable bonds is 6. The minimum atomic E-state index is -4.08. The quantitative estimate of drug-likeness (QED) is 0.803. The van der Waals surface area contributed by atoms with Gasteiger partial charge in [0.2, 0.25) is 0 Å². The van der Waals surface area contributed by atoms with Crippen LogP contribution in [0.1, 0.15) is 27.2 Å². The molecule has 1 saturated heterocycles. The molecule has 0 radical (unpaired) electrons. The lowest BCUT2D eigenvalue weighted by Gasteiger charge is -2.38. The van der Waals surface area contributed by atoms with E-state index in [1.165, 1.54) is 4.90 Å². The molecule has 3 nitrogen and oxygen atoms in total. The van der Waals surface area contributed by atoms with Crippen molar-refractivity contribution in [1.82, 2.24) is 15.1 Å². The van der Waals surface area contributed by atoms with Crippen LogP contribution in [0.25, 0.3) is 0 Å². The summed E-state index contributed by atoms with van der Waals surface area (Å²) >= 11 is 0. The maximum atomic E-state index is 12.3. The van der Waals surface area contributed by atoms with E-state index < -0.39 is 12.7 Å². The van der Waals surface area contributed by atoms with Crippen LogP contribution in [0.2, 0.25) is 0 Å². The van der Waals surface area contributed by atoms with Gasteiger partial charge in [-0.15, -0.1) is 0 Å². The number of hydrogen-bond donors (Lipinski definition) is 1. The van der Waals surface area contributed by atoms with Crippen molar-refractivity contribution in [3.63, 3.8) is 0 Å². The number of halogens is 3. The third-order valence-electron chi connectivity index (χ3n) is 3.81. The molecule has 0 saturated carbocycles. The van der Waals surface area contributed by atoms with Crippen molar-refractivity contribution in [2.45, 2.75) is 45.5 Å². The second-order valence-corrected chi connectivity index (χ2v) is 5.49. The highest BCUT2D eigenvalue weighted by atomic mass is 19.4. The molecule has 0 amide bonds. The van der Waals surface area contributed by atoms with E-state index in [2.05, 4.69) is 31.0 Å². The van der Waals surface area contributed by atoms with Gasteiger partial charge in [0.05, 0.1) is 6.54 Å². The van der Waals surface area contributed by atoms with Crippen LogP contribution in [-0.4, -0.2) is 67.3 Å². The molecule has 1 aliphatic heterocycles. The standard InChI is InChI=1S/C13H26F3N3/c1-4-11(2)17-9-12(3)19-7-5-18(6-8-19)10-13(14,15)16/h11-12,17H,4-10H2,1-3H3. The van der Waals surface area contributed by atoms with Crippen LogP contribution in [-0.2, 0) is 0 Å². The lowest BCUT2D eigenvalue weighted by molar-refractivity contribution is -0.149. The molecule has 1 heterocycles. The second kappa shape index (κ2) is 7.45. The smallest absolute Gasteiger partial charge is 0.313 e. The predicted molar refractivity (Wildman–Crippen MR) is 71.3 cm³/mol. The third-order valence-corrected chi connectivity index (χ3v) is 3.81. The van der Waals surface area contributed by atoms with E-state index in [-0.39, 0.29) is 0 Å². The molecule has 1 N–H and O–H groups in total. The zero-order chi connectivity index (χ0) is 14.5. The van der Waals surface area contributed by atoms with Gasteiger partial charge < -0.3 is 5.32 Å². The molecule has 1 rings (SSSR count). The number of alkyl halides is 3. The third kappa shape index (κ3) is 6.58. The lowest BCUT2D eigenvalue weighted by atomic mass is 10.2. The van der Waals surface area contributed by atoms with Crippen LogP contribution in [0.3, 0.4) is 0 Å². The minimum Gasteiger partial charge on any atom is -0.313 e. The Morgan fingerprint density at radius 3 is 2.16 bits per heavy atom. The van der Waals surface area contributed by atoms with Crippen LogP contribution in [0.15, 0.2) is 0 Å². The first-order valence-electron chi connectivity index (χ1n) is 7.08. The molecular formula is C13H26F3N3. The van der Waals surface area contributed by atoms with E-state index in [0.29, 0.717) is 25.2 Å². The van der Waals surface area contributed by atoms with Crippen molar-refractivity contribution in [1.29, 1.82) is 0 Å². The van der Waals surface area contributed by atoms with Crippen molar-refractivity contribution < 1.29 is 13.2 Å². The van der Waals surface area contributed by atoms with Gasteiger partial charge in [-0.2, -0.15) is 13.2 Å². The first-order valence-corrected chi connectivity index (χ1v) is 7.08. The fourth-order valence-electron chi connectivity index (χ4n) is 2.26. The molecule has 0 aromatic carbocycles. The molecule has 19 heavy (non-hydrogen) atoms. The average Bonchev–Trinajstić information content (AvgIpc) is 2.34. The molecule has 0 aliphatic carbocycles. The van der Waals surface area contributed by atoms with Crippen molar-refractivity contribution >= 4 is 0 Å². The highest BCUT2D eigenvalue weighted by Gasteiger charge is 2.32. The Kier molecular flexibility index (Phi) is 6.56. The van der Waals surface area contributed by atoms with Crippen molar-refractivity contribution in [2.24, 2.45) is 0 Å². The molecule has 0 bridgehead atoms. The summed E-state index contributed by atoms with van der Waals surface area (Å²) in [7, 11) is 0. The van der Waals surface area contributed by atoms with Crippen LogP contribution in [0.5, 0.6) is 0 Å². The maximum Gasteiger partial charge on any atom is 0.401 e. The summed E-state index contributed by atoms with van der Waals surface area (Å²) in [5.41, 5.74) is 0. The number of nitrogens with zero attached hydrogens (tertiary/aromatic N) is 2. The van der Waals surface area contributed by atoms with Gasteiger partial charge in [-0.05, 0) is 20.3 Å². The van der Waals surface area contributed by atoms with Gasteiger partial charge in [0, 0.05) is 44.8 Å². The normalized spacial score (nSPS) is 22.4. The van der Waals surface area contributed by atoms with Crippen molar-refractivity contribution in [3.8, 4) is 0 Å². The van der Waals surface area contributed by atoms with E-state index in [1.807, 2.05) is 0 Å². The van der Waals surface area contributed by atoms with E-state index in [9.17, 15) is 13.2 Å². The van der Waals surface area contributed by atoms with E-state index in [4.69, 9.17) is 0 Å². The SMILES string of the molecule is CCC(C)NCC(C)N1CCN(CC(F)(F)F)CC1. The summed E-state index contributed by atoms with van der Waals surface area (Å²) < 4.78 is 36.8. The Hall–Kier alpha value is -0.330. The number of hydrogen-bond acceptors (Lipinski definition) is 3. The predicted octanol–water partition coefficient (Wildman–Crippen LogP) is 1.94. The zero-order valence-electron chi connectivity index (χ0n) is 12.1. The molecular weight excluding hydrogens is 255 g/mol. The summed E-state index contributed by atoms with van der Waals surface area (Å²) in [6, 6.07) is 0.871. The Morgan fingerprint density at radius 2 is 1.68 bits per heavy atom. The van der Waals surface area contributed by atoms with E-state index in [0.717, 1.165) is 26.1 Å². The Bertz CT molecular complexity index is 250.